The number of para-hydroxylation sites is 3. The van der Waals surface area contributed by atoms with E-state index in [2.05, 4.69) is 4.72 Å². The van der Waals surface area contributed by atoms with Gasteiger partial charge in [0.1, 0.15) is 5.75 Å². The van der Waals surface area contributed by atoms with E-state index in [0.717, 1.165) is 0 Å². The second-order valence-electron chi connectivity index (χ2n) is 3.74. The van der Waals surface area contributed by atoms with Gasteiger partial charge in [-0.25, -0.2) is 12.8 Å². The van der Waals surface area contributed by atoms with Gasteiger partial charge in [-0.3, -0.25) is 4.72 Å². The Labute approximate surface area is 110 Å². The maximum absolute atomic E-state index is 12.3. The number of hydrogen-bond acceptors (Lipinski definition) is 3. The third-order valence-electron chi connectivity index (χ3n) is 2.27. The van der Waals surface area contributed by atoms with Gasteiger partial charge in [0.15, 0.2) is 5.75 Å². The van der Waals surface area contributed by atoms with Crippen molar-refractivity contribution >= 4 is 15.7 Å². The fourth-order valence-electron chi connectivity index (χ4n) is 1.45. The van der Waals surface area contributed by atoms with Crippen LogP contribution >= 0.6 is 0 Å². The van der Waals surface area contributed by atoms with Crippen molar-refractivity contribution in [3.8, 4) is 11.5 Å². The molecule has 100 valence electrons. The number of hydrogen-bond donors (Lipinski definition) is 1. The third-order valence-corrected chi connectivity index (χ3v) is 3.09. The van der Waals surface area contributed by atoms with E-state index in [-0.39, 0.29) is 5.69 Å². The second kappa shape index (κ2) is 5.71. The molecule has 6 heteroatoms. The molecule has 0 radical (unpaired) electrons. The summed E-state index contributed by atoms with van der Waals surface area (Å²) < 4.78 is 42.5. The molecule has 19 heavy (non-hydrogen) atoms. The van der Waals surface area contributed by atoms with Crippen LogP contribution < -0.4 is 9.46 Å². The number of benzene rings is 2. The summed E-state index contributed by atoms with van der Waals surface area (Å²) in [7, 11) is -3.98. The van der Waals surface area contributed by atoms with Gasteiger partial charge in [0, 0.05) is 0 Å². The van der Waals surface area contributed by atoms with Crippen molar-refractivity contribution in [2.45, 2.75) is 0 Å². The molecule has 0 fully saturated rings. The first-order valence-electron chi connectivity index (χ1n) is 5.49. The fraction of sp³-hybridized carbons (Fsp3) is 0.0769. The molecule has 0 spiro atoms. The van der Waals surface area contributed by atoms with E-state index in [1.807, 2.05) is 6.07 Å². The monoisotopic (exact) mass is 281 g/mol. The quantitative estimate of drug-likeness (QED) is 0.916. The Morgan fingerprint density at radius 1 is 1.00 bits per heavy atom. The summed E-state index contributed by atoms with van der Waals surface area (Å²) in [5, 5.41) is 0. The lowest BCUT2D eigenvalue weighted by atomic mass is 10.3. The summed E-state index contributed by atoms with van der Waals surface area (Å²) in [6, 6.07) is 13.9. The van der Waals surface area contributed by atoms with E-state index in [1.165, 1.54) is 6.07 Å². The molecule has 0 aliphatic rings. The number of nitrogens with one attached hydrogen (secondary N) is 1. The maximum atomic E-state index is 12.3. The molecule has 2 rings (SSSR count). The highest BCUT2D eigenvalue weighted by molar-refractivity contribution is 7.92. The van der Waals surface area contributed by atoms with Crippen LogP contribution in [0.25, 0.3) is 0 Å². The van der Waals surface area contributed by atoms with E-state index < -0.39 is 16.0 Å². The molecule has 0 aliphatic carbocycles. The Morgan fingerprint density at radius 3 is 2.32 bits per heavy atom. The molecule has 1 N–H and O–H groups in total. The summed E-state index contributed by atoms with van der Waals surface area (Å²) in [5.74, 6) is 0.875. The number of rotatable bonds is 5. The topological polar surface area (TPSA) is 55.4 Å². The summed E-state index contributed by atoms with van der Waals surface area (Å²) in [6.45, 7) is 0. The van der Waals surface area contributed by atoms with Crippen molar-refractivity contribution in [1.82, 2.24) is 0 Å². The van der Waals surface area contributed by atoms with Crippen LogP contribution in [0.4, 0.5) is 10.1 Å². The van der Waals surface area contributed by atoms with Gasteiger partial charge in [0.05, 0.1) is 5.69 Å². The molecular weight excluding hydrogens is 269 g/mol. The molecule has 0 saturated carbocycles. The SMILES string of the molecule is O=S(=O)(CF)Nc1ccccc1Oc1ccccc1. The molecule has 4 nitrogen and oxygen atoms in total. The lowest BCUT2D eigenvalue weighted by Gasteiger charge is -2.11. The Hall–Kier alpha value is -2.08. The smallest absolute Gasteiger partial charge is 0.262 e. The molecule has 0 aromatic heterocycles. The van der Waals surface area contributed by atoms with Gasteiger partial charge in [0.2, 0.25) is 6.01 Å². The van der Waals surface area contributed by atoms with Crippen LogP contribution in [-0.2, 0) is 10.0 Å². The summed E-state index contributed by atoms with van der Waals surface area (Å²) in [6.07, 6.45) is 0. The Bertz CT molecular complexity index is 644. The van der Waals surface area contributed by atoms with Crippen LogP contribution in [0.5, 0.6) is 11.5 Å². The number of anilines is 1. The van der Waals surface area contributed by atoms with Gasteiger partial charge in [-0.1, -0.05) is 30.3 Å². The van der Waals surface area contributed by atoms with E-state index in [9.17, 15) is 12.8 Å². The van der Waals surface area contributed by atoms with Gasteiger partial charge < -0.3 is 4.74 Å². The van der Waals surface area contributed by atoms with Gasteiger partial charge in [0.25, 0.3) is 10.0 Å². The van der Waals surface area contributed by atoms with Crippen molar-refractivity contribution in [1.29, 1.82) is 0 Å². The Balaban J connectivity index is 2.27. The molecule has 0 saturated heterocycles. The van der Waals surface area contributed by atoms with Crippen molar-refractivity contribution < 1.29 is 17.5 Å². The molecule has 0 atom stereocenters. The van der Waals surface area contributed by atoms with Gasteiger partial charge >= 0.3 is 0 Å². The fourth-order valence-corrected chi connectivity index (χ4v) is 2.01. The number of alkyl halides is 1. The number of ether oxygens (including phenoxy) is 1. The molecule has 2 aromatic rings. The highest BCUT2D eigenvalue weighted by atomic mass is 32.2. The van der Waals surface area contributed by atoms with Crippen molar-refractivity contribution in [2.24, 2.45) is 0 Å². The van der Waals surface area contributed by atoms with Crippen molar-refractivity contribution in [3.63, 3.8) is 0 Å². The summed E-state index contributed by atoms with van der Waals surface area (Å²) in [5.41, 5.74) is 0.198. The van der Waals surface area contributed by atoms with Crippen LogP contribution in [0, 0.1) is 0 Å². The zero-order valence-electron chi connectivity index (χ0n) is 9.91. The highest BCUT2D eigenvalue weighted by Crippen LogP contribution is 2.29. The van der Waals surface area contributed by atoms with Crippen LogP contribution in [0.15, 0.2) is 54.6 Å². The zero-order chi connectivity index (χ0) is 13.7. The maximum Gasteiger partial charge on any atom is 0.262 e. The highest BCUT2D eigenvalue weighted by Gasteiger charge is 2.13. The van der Waals surface area contributed by atoms with Crippen molar-refractivity contribution in [2.75, 3.05) is 10.7 Å². The summed E-state index contributed by atoms with van der Waals surface area (Å²) in [4.78, 5) is 0. The Morgan fingerprint density at radius 2 is 1.63 bits per heavy atom. The number of halogens is 1. The second-order valence-corrected chi connectivity index (χ2v) is 5.39. The standard InChI is InChI=1S/C13H12FNO3S/c14-10-19(16,17)15-12-8-4-5-9-13(12)18-11-6-2-1-3-7-11/h1-9,15H,10H2. The van der Waals surface area contributed by atoms with Crippen LogP contribution in [-0.4, -0.2) is 14.4 Å². The molecular formula is C13H12FNO3S. The van der Waals surface area contributed by atoms with Gasteiger partial charge in [-0.2, -0.15) is 0 Å². The minimum Gasteiger partial charge on any atom is -0.455 e. The lowest BCUT2D eigenvalue weighted by molar-refractivity contribution is 0.484. The molecule has 0 amide bonds. The molecule has 0 heterocycles. The minimum absolute atomic E-state index is 0.198. The first kappa shape index (κ1) is 13.4. The normalized spacial score (nSPS) is 11.0. The average Bonchev–Trinajstić information content (AvgIpc) is 2.42. The minimum atomic E-state index is -3.98. The van der Waals surface area contributed by atoms with Crippen LogP contribution in [0.2, 0.25) is 0 Å². The van der Waals surface area contributed by atoms with E-state index in [4.69, 9.17) is 4.74 Å². The average molecular weight is 281 g/mol. The molecule has 2 aromatic carbocycles. The van der Waals surface area contributed by atoms with E-state index >= 15 is 0 Å². The zero-order valence-corrected chi connectivity index (χ0v) is 10.7. The summed E-state index contributed by atoms with van der Waals surface area (Å²) >= 11 is 0. The largest absolute Gasteiger partial charge is 0.455 e. The number of sulfonamides is 1. The van der Waals surface area contributed by atoms with Gasteiger partial charge in [-0.15, -0.1) is 0 Å². The third kappa shape index (κ3) is 3.69. The Kier molecular flexibility index (Phi) is 4.01. The lowest BCUT2D eigenvalue weighted by Crippen LogP contribution is -2.14. The predicted molar refractivity (Wildman–Crippen MR) is 71.5 cm³/mol. The molecule has 0 aliphatic heterocycles. The van der Waals surface area contributed by atoms with Crippen LogP contribution in [0.3, 0.4) is 0 Å². The van der Waals surface area contributed by atoms with Gasteiger partial charge in [-0.05, 0) is 24.3 Å². The first-order valence-corrected chi connectivity index (χ1v) is 7.14. The van der Waals surface area contributed by atoms with E-state index in [0.29, 0.717) is 11.5 Å². The predicted octanol–water partition coefficient (Wildman–Crippen LogP) is 3.15. The van der Waals surface area contributed by atoms with Crippen molar-refractivity contribution in [3.05, 3.63) is 54.6 Å². The van der Waals surface area contributed by atoms with Crippen LogP contribution in [0.1, 0.15) is 0 Å². The molecule has 0 unspecified atom stereocenters. The van der Waals surface area contributed by atoms with E-state index in [1.54, 1.807) is 42.5 Å². The first-order chi connectivity index (χ1) is 9.11. The molecule has 0 bridgehead atoms.